The summed E-state index contributed by atoms with van der Waals surface area (Å²) in [6.07, 6.45) is 4.60. The van der Waals surface area contributed by atoms with Gasteiger partial charge in [-0.2, -0.15) is 0 Å². The second-order valence-electron chi connectivity index (χ2n) is 5.85. The summed E-state index contributed by atoms with van der Waals surface area (Å²) >= 11 is 7.51. The van der Waals surface area contributed by atoms with Gasteiger partial charge in [0, 0.05) is 39.1 Å². The van der Waals surface area contributed by atoms with E-state index in [1.807, 2.05) is 60.7 Å². The number of carbonyl (C=O) groups is 1. The van der Waals surface area contributed by atoms with Gasteiger partial charge in [0.1, 0.15) is 0 Å². The van der Waals surface area contributed by atoms with E-state index in [4.69, 9.17) is 16.7 Å². The second kappa shape index (κ2) is 8.43. The molecule has 0 bridgehead atoms. The first-order valence-corrected chi connectivity index (χ1v) is 9.22. The first kappa shape index (κ1) is 17.9. The third kappa shape index (κ3) is 5.26. The van der Waals surface area contributed by atoms with Crippen LogP contribution in [0.25, 0.3) is 0 Å². The fourth-order valence-electron chi connectivity index (χ4n) is 2.63. The number of benzene rings is 2. The molecule has 130 valence electrons. The van der Waals surface area contributed by atoms with Crippen molar-refractivity contribution >= 4 is 35.1 Å². The lowest BCUT2D eigenvalue weighted by atomic mass is 10.1. The van der Waals surface area contributed by atoms with Crippen LogP contribution in [-0.2, 0) is 0 Å². The molecule has 2 aromatic carbocycles. The van der Waals surface area contributed by atoms with Crippen molar-refractivity contribution in [1.29, 1.82) is 0 Å². The van der Waals surface area contributed by atoms with Crippen LogP contribution >= 0.6 is 23.4 Å². The molecule has 1 aliphatic rings. The quantitative estimate of drug-likeness (QED) is 0.673. The van der Waals surface area contributed by atoms with E-state index >= 15 is 0 Å². The predicted molar refractivity (Wildman–Crippen MR) is 102 cm³/mol. The molecular formula is C19H19ClN2O2S. The van der Waals surface area contributed by atoms with Gasteiger partial charge >= 0.3 is 6.03 Å². The molecule has 1 aliphatic carbocycles. The Labute approximate surface area is 156 Å². The number of carbonyl (C=O) groups excluding carboxylic acids is 1. The molecule has 0 fully saturated rings. The van der Waals surface area contributed by atoms with Crippen LogP contribution in [0.1, 0.15) is 6.42 Å². The van der Waals surface area contributed by atoms with E-state index in [9.17, 15) is 4.79 Å². The van der Waals surface area contributed by atoms with Crippen molar-refractivity contribution in [2.24, 2.45) is 5.92 Å². The molecule has 2 aromatic rings. The number of nitrogens with one attached hydrogen (secondary N) is 2. The van der Waals surface area contributed by atoms with Crippen LogP contribution < -0.4 is 10.6 Å². The zero-order chi connectivity index (χ0) is 17.6. The van der Waals surface area contributed by atoms with Crippen LogP contribution in [0.3, 0.4) is 0 Å². The van der Waals surface area contributed by atoms with Crippen molar-refractivity contribution < 1.29 is 9.90 Å². The number of urea groups is 1. The number of hydrogen-bond acceptors (Lipinski definition) is 3. The summed E-state index contributed by atoms with van der Waals surface area (Å²) in [6, 6.07) is 15.0. The SMILES string of the molecule is O=C(Nc1cccc(Sc2ccc(Cl)cc2)c1)N[C@@H]1C=C[C@H](CO)C1. The van der Waals surface area contributed by atoms with Crippen molar-refractivity contribution in [3.63, 3.8) is 0 Å². The molecule has 0 spiro atoms. The van der Waals surface area contributed by atoms with Crippen molar-refractivity contribution in [2.45, 2.75) is 22.3 Å². The summed E-state index contributed by atoms with van der Waals surface area (Å²) in [5, 5.41) is 15.6. The van der Waals surface area contributed by atoms with Gasteiger partial charge in [0.2, 0.25) is 0 Å². The summed E-state index contributed by atoms with van der Waals surface area (Å²) in [6.45, 7) is 0.111. The minimum atomic E-state index is -0.248. The van der Waals surface area contributed by atoms with Crippen LogP contribution in [0.2, 0.25) is 5.02 Å². The van der Waals surface area contributed by atoms with Crippen LogP contribution in [0.15, 0.2) is 70.5 Å². The molecular weight excluding hydrogens is 356 g/mol. The molecule has 0 saturated heterocycles. The Bertz CT molecular complexity index is 764. The minimum absolute atomic E-state index is 0.0382. The Hall–Kier alpha value is -1.95. The van der Waals surface area contributed by atoms with Gasteiger partial charge in [-0.25, -0.2) is 4.79 Å². The number of amides is 2. The third-order valence-electron chi connectivity index (χ3n) is 3.86. The van der Waals surface area contributed by atoms with Crippen LogP contribution in [-0.4, -0.2) is 23.8 Å². The molecule has 0 radical (unpaired) electrons. The normalized spacial score (nSPS) is 19.0. The molecule has 3 rings (SSSR count). The molecule has 0 saturated carbocycles. The average Bonchev–Trinajstić information content (AvgIpc) is 3.05. The maximum absolute atomic E-state index is 12.1. The Morgan fingerprint density at radius 3 is 2.68 bits per heavy atom. The first-order valence-electron chi connectivity index (χ1n) is 8.02. The molecule has 25 heavy (non-hydrogen) atoms. The largest absolute Gasteiger partial charge is 0.396 e. The molecule has 2 atom stereocenters. The highest BCUT2D eigenvalue weighted by molar-refractivity contribution is 7.99. The molecule has 2 amide bonds. The van der Waals surface area contributed by atoms with Gasteiger partial charge < -0.3 is 15.7 Å². The molecule has 4 nitrogen and oxygen atoms in total. The Balaban J connectivity index is 1.57. The molecule has 0 aromatic heterocycles. The highest BCUT2D eigenvalue weighted by atomic mass is 35.5. The van der Waals surface area contributed by atoms with Crippen molar-refractivity contribution in [1.82, 2.24) is 5.32 Å². The van der Waals surface area contributed by atoms with Gasteiger partial charge in [-0.1, -0.05) is 41.6 Å². The van der Waals surface area contributed by atoms with Crippen molar-refractivity contribution in [2.75, 3.05) is 11.9 Å². The summed E-state index contributed by atoms with van der Waals surface area (Å²) < 4.78 is 0. The van der Waals surface area contributed by atoms with Gasteiger partial charge in [-0.05, 0) is 48.9 Å². The average molecular weight is 375 g/mol. The summed E-state index contributed by atoms with van der Waals surface area (Å²) in [5.41, 5.74) is 0.733. The van der Waals surface area contributed by atoms with E-state index in [2.05, 4.69) is 10.6 Å². The zero-order valence-corrected chi connectivity index (χ0v) is 15.1. The standard InChI is InChI=1S/C19H19ClN2O2S/c20-14-5-8-17(9-6-14)25-18-3-1-2-15(11-18)21-19(24)22-16-7-4-13(10-16)12-23/h1-9,11,13,16,23H,10,12H2,(H2,21,22,24)/t13-,16+/m0/s1. The van der Waals surface area contributed by atoms with Gasteiger partial charge in [0.05, 0.1) is 0 Å². The zero-order valence-electron chi connectivity index (χ0n) is 13.5. The lowest BCUT2D eigenvalue weighted by Crippen LogP contribution is -2.36. The predicted octanol–water partition coefficient (Wildman–Crippen LogP) is 4.55. The highest BCUT2D eigenvalue weighted by Crippen LogP contribution is 2.30. The van der Waals surface area contributed by atoms with Gasteiger partial charge in [0.15, 0.2) is 0 Å². The minimum Gasteiger partial charge on any atom is -0.396 e. The number of rotatable bonds is 5. The fraction of sp³-hybridized carbons (Fsp3) is 0.211. The van der Waals surface area contributed by atoms with E-state index in [1.165, 1.54) is 0 Å². The highest BCUT2D eigenvalue weighted by Gasteiger charge is 2.19. The molecule has 0 unspecified atom stereocenters. The summed E-state index contributed by atoms with van der Waals surface area (Å²) in [5.74, 6) is 0.129. The van der Waals surface area contributed by atoms with Crippen molar-refractivity contribution in [3.8, 4) is 0 Å². The maximum Gasteiger partial charge on any atom is 0.319 e. The second-order valence-corrected chi connectivity index (χ2v) is 7.44. The Morgan fingerprint density at radius 2 is 1.96 bits per heavy atom. The first-order chi connectivity index (χ1) is 12.1. The van der Waals surface area contributed by atoms with Crippen LogP contribution in [0, 0.1) is 5.92 Å². The number of halogens is 1. The molecule has 0 heterocycles. The smallest absolute Gasteiger partial charge is 0.319 e. The van der Waals surface area contributed by atoms with E-state index in [1.54, 1.807) is 11.8 Å². The number of aliphatic hydroxyl groups excluding tert-OH is 1. The molecule has 3 N–H and O–H groups in total. The topological polar surface area (TPSA) is 61.4 Å². The number of aliphatic hydroxyl groups is 1. The fourth-order valence-corrected chi connectivity index (χ4v) is 3.63. The van der Waals surface area contributed by atoms with Crippen LogP contribution in [0.4, 0.5) is 10.5 Å². The van der Waals surface area contributed by atoms with E-state index in [-0.39, 0.29) is 24.6 Å². The monoisotopic (exact) mass is 374 g/mol. The summed E-state index contributed by atoms with van der Waals surface area (Å²) in [4.78, 5) is 14.2. The number of anilines is 1. The molecule has 0 aliphatic heterocycles. The third-order valence-corrected chi connectivity index (χ3v) is 5.11. The molecule has 6 heteroatoms. The van der Waals surface area contributed by atoms with Crippen LogP contribution in [0.5, 0.6) is 0 Å². The van der Waals surface area contributed by atoms with Gasteiger partial charge in [0.25, 0.3) is 0 Å². The number of hydrogen-bond donors (Lipinski definition) is 3. The lowest BCUT2D eigenvalue weighted by molar-refractivity contribution is 0.238. The lowest BCUT2D eigenvalue weighted by Gasteiger charge is -2.14. The van der Waals surface area contributed by atoms with E-state index in [0.29, 0.717) is 5.02 Å². The van der Waals surface area contributed by atoms with Gasteiger partial charge in [-0.15, -0.1) is 0 Å². The Kier molecular flexibility index (Phi) is 6.02. The summed E-state index contributed by atoms with van der Waals surface area (Å²) in [7, 11) is 0. The van der Waals surface area contributed by atoms with Crippen molar-refractivity contribution in [3.05, 3.63) is 65.7 Å². The van der Waals surface area contributed by atoms with E-state index < -0.39 is 0 Å². The maximum atomic E-state index is 12.1. The van der Waals surface area contributed by atoms with Gasteiger partial charge in [-0.3, -0.25) is 0 Å². The Morgan fingerprint density at radius 1 is 1.16 bits per heavy atom. The van der Waals surface area contributed by atoms with E-state index in [0.717, 1.165) is 21.9 Å².